The van der Waals surface area contributed by atoms with Crippen LogP contribution in [0.25, 0.3) is 5.82 Å². The minimum absolute atomic E-state index is 0.0272. The van der Waals surface area contributed by atoms with Crippen molar-refractivity contribution in [2.24, 2.45) is 7.05 Å². The van der Waals surface area contributed by atoms with Gasteiger partial charge in [-0.2, -0.15) is 9.78 Å². The monoisotopic (exact) mass is 365 g/mol. The first-order chi connectivity index (χ1) is 13.1. The number of carbonyl (C=O) groups excluding carboxylic acids is 1. The lowest BCUT2D eigenvalue weighted by atomic mass is 10.0. The molecule has 8 nitrogen and oxygen atoms in total. The summed E-state index contributed by atoms with van der Waals surface area (Å²) in [5, 5.41) is 16.1. The Morgan fingerprint density at radius 3 is 2.78 bits per heavy atom. The van der Waals surface area contributed by atoms with Crippen molar-refractivity contribution in [3.63, 3.8) is 0 Å². The van der Waals surface area contributed by atoms with Crippen LogP contribution in [0.1, 0.15) is 34.2 Å². The van der Waals surface area contributed by atoms with Crippen molar-refractivity contribution < 1.29 is 4.79 Å². The molecule has 0 spiro atoms. The zero-order valence-electron chi connectivity index (χ0n) is 15.5. The van der Waals surface area contributed by atoms with E-state index in [-0.39, 0.29) is 11.9 Å². The van der Waals surface area contributed by atoms with Gasteiger partial charge in [-0.15, -0.1) is 5.10 Å². The summed E-state index contributed by atoms with van der Waals surface area (Å²) >= 11 is 0. The molecule has 1 fully saturated rings. The lowest BCUT2D eigenvalue weighted by Gasteiger charge is -2.29. The average Bonchev–Trinajstić information content (AvgIpc) is 3.18. The maximum absolute atomic E-state index is 13.4. The number of nitrogens with zero attached hydrogens (tertiary/aromatic N) is 6. The third-order valence-electron chi connectivity index (χ3n) is 4.93. The summed E-state index contributed by atoms with van der Waals surface area (Å²) in [6, 6.07) is 11.9. The third-order valence-corrected chi connectivity index (χ3v) is 4.93. The Hall–Kier alpha value is -3.00. The van der Waals surface area contributed by atoms with E-state index in [1.54, 1.807) is 9.36 Å². The Morgan fingerprint density at radius 2 is 2.04 bits per heavy atom. The van der Waals surface area contributed by atoms with Crippen LogP contribution in [-0.4, -0.2) is 55.2 Å². The summed E-state index contributed by atoms with van der Waals surface area (Å²) in [6.45, 7) is 4.16. The highest BCUT2D eigenvalue weighted by atomic mass is 16.2. The maximum Gasteiger partial charge on any atom is 0.276 e. The van der Waals surface area contributed by atoms with Gasteiger partial charge in [0.05, 0.1) is 11.7 Å². The number of benzene rings is 1. The molecule has 1 aliphatic rings. The normalized spacial score (nSPS) is 17.7. The second kappa shape index (κ2) is 7.32. The zero-order valence-corrected chi connectivity index (χ0v) is 15.5. The first-order valence-electron chi connectivity index (χ1n) is 9.14. The summed E-state index contributed by atoms with van der Waals surface area (Å²) in [4.78, 5) is 15.3. The van der Waals surface area contributed by atoms with Gasteiger partial charge in [0.15, 0.2) is 11.5 Å². The Labute approximate surface area is 157 Å². The minimum atomic E-state index is -0.0905. The summed E-state index contributed by atoms with van der Waals surface area (Å²) in [7, 11) is 1.84. The molecule has 140 valence electrons. The van der Waals surface area contributed by atoms with Crippen molar-refractivity contribution in [3.05, 3.63) is 59.5 Å². The quantitative estimate of drug-likeness (QED) is 0.760. The first-order valence-corrected chi connectivity index (χ1v) is 9.14. The fourth-order valence-corrected chi connectivity index (χ4v) is 3.49. The highest BCUT2D eigenvalue weighted by Gasteiger charge is 2.30. The number of nitrogens with one attached hydrogen (secondary N) is 1. The van der Waals surface area contributed by atoms with Crippen LogP contribution in [0.15, 0.2) is 42.6 Å². The fourth-order valence-electron chi connectivity index (χ4n) is 3.49. The van der Waals surface area contributed by atoms with Crippen LogP contribution in [0.5, 0.6) is 0 Å². The van der Waals surface area contributed by atoms with E-state index >= 15 is 0 Å². The van der Waals surface area contributed by atoms with Crippen molar-refractivity contribution in [2.75, 3.05) is 19.6 Å². The van der Waals surface area contributed by atoms with Crippen molar-refractivity contribution >= 4 is 5.91 Å². The predicted octanol–water partition coefficient (Wildman–Crippen LogP) is 1.49. The summed E-state index contributed by atoms with van der Waals surface area (Å²) in [6.07, 6.45) is 2.74. The number of rotatable bonds is 3. The molecule has 0 radical (unpaired) electrons. The molecule has 4 rings (SSSR count). The molecule has 3 aromatic rings. The molecule has 1 aliphatic heterocycles. The van der Waals surface area contributed by atoms with Crippen LogP contribution in [0.3, 0.4) is 0 Å². The van der Waals surface area contributed by atoms with Gasteiger partial charge >= 0.3 is 0 Å². The topological polar surface area (TPSA) is 80.9 Å². The largest absolute Gasteiger partial charge is 0.329 e. The Kier molecular flexibility index (Phi) is 4.72. The first kappa shape index (κ1) is 17.4. The van der Waals surface area contributed by atoms with E-state index in [2.05, 4.69) is 32.9 Å². The van der Waals surface area contributed by atoms with Crippen LogP contribution in [-0.2, 0) is 7.05 Å². The standard InChI is InChI=1S/C19H23N7O/c1-14-18(21-23-26(14)17-9-12-24(2)22-17)19(27)25-11-6-10-20-13-16(25)15-7-4-3-5-8-15/h3-5,7-9,12,16,20H,6,10-11,13H2,1-2H3. The van der Waals surface area contributed by atoms with E-state index in [1.807, 2.05) is 49.3 Å². The van der Waals surface area contributed by atoms with Gasteiger partial charge in [0.1, 0.15) is 0 Å². The van der Waals surface area contributed by atoms with Gasteiger partial charge in [0, 0.05) is 32.4 Å². The van der Waals surface area contributed by atoms with Gasteiger partial charge in [-0.25, -0.2) is 0 Å². The Balaban J connectivity index is 1.67. The van der Waals surface area contributed by atoms with Gasteiger partial charge < -0.3 is 10.2 Å². The molecule has 0 aliphatic carbocycles. The van der Waals surface area contributed by atoms with Crippen molar-refractivity contribution in [2.45, 2.75) is 19.4 Å². The van der Waals surface area contributed by atoms with E-state index in [9.17, 15) is 4.79 Å². The van der Waals surface area contributed by atoms with Crippen LogP contribution >= 0.6 is 0 Å². The van der Waals surface area contributed by atoms with E-state index in [0.29, 0.717) is 23.8 Å². The number of amides is 1. The maximum atomic E-state index is 13.4. The summed E-state index contributed by atoms with van der Waals surface area (Å²) < 4.78 is 3.31. The Morgan fingerprint density at radius 1 is 1.22 bits per heavy atom. The molecule has 0 saturated carbocycles. The molecule has 8 heteroatoms. The fraction of sp³-hybridized carbons (Fsp3) is 0.368. The number of hydrogen-bond acceptors (Lipinski definition) is 5. The van der Waals surface area contributed by atoms with E-state index in [1.165, 1.54) is 0 Å². The molecule has 1 N–H and O–H groups in total. The molecule has 1 unspecified atom stereocenters. The lowest BCUT2D eigenvalue weighted by Crippen LogP contribution is -2.38. The van der Waals surface area contributed by atoms with Crippen LogP contribution in [0.4, 0.5) is 0 Å². The van der Waals surface area contributed by atoms with E-state index in [0.717, 1.165) is 25.1 Å². The molecule has 1 aromatic carbocycles. The number of aromatic nitrogens is 5. The molecular formula is C19H23N7O. The SMILES string of the molecule is Cc1c(C(=O)N2CCCNCC2c2ccccc2)nnn1-c1ccn(C)n1. The number of aryl methyl sites for hydroxylation is 1. The van der Waals surface area contributed by atoms with Gasteiger partial charge in [0.2, 0.25) is 0 Å². The predicted molar refractivity (Wildman–Crippen MR) is 101 cm³/mol. The highest BCUT2D eigenvalue weighted by molar-refractivity contribution is 5.93. The second-order valence-corrected chi connectivity index (χ2v) is 6.77. The minimum Gasteiger partial charge on any atom is -0.329 e. The molecule has 3 heterocycles. The number of carbonyl (C=O) groups is 1. The van der Waals surface area contributed by atoms with Gasteiger partial charge in [-0.05, 0) is 25.5 Å². The molecule has 0 bridgehead atoms. The lowest BCUT2D eigenvalue weighted by molar-refractivity contribution is 0.0684. The van der Waals surface area contributed by atoms with Gasteiger partial charge in [-0.3, -0.25) is 9.48 Å². The van der Waals surface area contributed by atoms with Crippen molar-refractivity contribution in [1.82, 2.24) is 35.0 Å². The molecule has 27 heavy (non-hydrogen) atoms. The molecule has 1 amide bonds. The zero-order chi connectivity index (χ0) is 18.8. The third kappa shape index (κ3) is 3.35. The van der Waals surface area contributed by atoms with Crippen LogP contribution < -0.4 is 5.32 Å². The smallest absolute Gasteiger partial charge is 0.276 e. The van der Waals surface area contributed by atoms with E-state index in [4.69, 9.17) is 0 Å². The molecule has 2 aromatic heterocycles. The van der Waals surface area contributed by atoms with Gasteiger partial charge in [0.25, 0.3) is 5.91 Å². The van der Waals surface area contributed by atoms with Crippen molar-refractivity contribution in [3.8, 4) is 5.82 Å². The molecule has 1 saturated heterocycles. The second-order valence-electron chi connectivity index (χ2n) is 6.77. The van der Waals surface area contributed by atoms with Crippen LogP contribution in [0.2, 0.25) is 0 Å². The average molecular weight is 365 g/mol. The van der Waals surface area contributed by atoms with E-state index < -0.39 is 0 Å². The summed E-state index contributed by atoms with van der Waals surface area (Å²) in [5.41, 5.74) is 2.20. The van der Waals surface area contributed by atoms with Gasteiger partial charge in [-0.1, -0.05) is 35.5 Å². The highest BCUT2D eigenvalue weighted by Crippen LogP contribution is 2.24. The van der Waals surface area contributed by atoms with Crippen LogP contribution in [0, 0.1) is 6.92 Å². The Bertz CT molecular complexity index is 931. The summed E-state index contributed by atoms with van der Waals surface area (Å²) in [5.74, 6) is 0.561. The number of hydrogen-bond donors (Lipinski definition) is 1. The van der Waals surface area contributed by atoms with Crippen molar-refractivity contribution in [1.29, 1.82) is 0 Å². The molecule has 1 atom stereocenters. The molecular weight excluding hydrogens is 342 g/mol.